The Morgan fingerprint density at radius 1 is 1.27 bits per heavy atom. The summed E-state index contributed by atoms with van der Waals surface area (Å²) in [5.74, 6) is 0.0506. The fourth-order valence-electron chi connectivity index (χ4n) is 2.47. The average Bonchev–Trinajstić information content (AvgIpc) is 2.45. The van der Waals surface area contributed by atoms with E-state index in [1.165, 1.54) is 0 Å². The minimum Gasteiger partial charge on any atom is -0.385 e. The number of carbonyl (C=O) groups excluding carboxylic acids is 1. The first-order valence-corrected chi connectivity index (χ1v) is 7.49. The Kier molecular flexibility index (Phi) is 6.35. The van der Waals surface area contributed by atoms with E-state index in [0.29, 0.717) is 13.1 Å². The molecule has 1 fully saturated rings. The molecule has 22 heavy (non-hydrogen) atoms. The molecule has 0 spiro atoms. The van der Waals surface area contributed by atoms with Crippen molar-refractivity contribution in [3.63, 3.8) is 0 Å². The Morgan fingerprint density at radius 2 is 1.91 bits per heavy atom. The van der Waals surface area contributed by atoms with Gasteiger partial charge >= 0.3 is 0 Å². The lowest BCUT2D eigenvalue weighted by atomic mass is 9.99. The summed E-state index contributed by atoms with van der Waals surface area (Å²) in [6.45, 7) is 19.1. The summed E-state index contributed by atoms with van der Waals surface area (Å²) < 4.78 is 0. The second-order valence-corrected chi connectivity index (χ2v) is 5.91. The average molecular weight is 301 g/mol. The maximum atomic E-state index is 12.9. The van der Waals surface area contributed by atoms with Gasteiger partial charge in [0.05, 0.1) is 6.54 Å². The number of carbonyl (C=O) groups is 1. The highest BCUT2D eigenvalue weighted by molar-refractivity contribution is 5.98. The molecule has 0 unspecified atom stereocenters. The van der Waals surface area contributed by atoms with Gasteiger partial charge in [0.1, 0.15) is 0 Å². The number of hydrogen-bond acceptors (Lipinski definition) is 3. The molecule has 0 aliphatic carbocycles. The van der Waals surface area contributed by atoms with Crippen LogP contribution in [0, 0.1) is 0 Å². The zero-order valence-corrected chi connectivity index (χ0v) is 14.4. The Labute approximate surface area is 134 Å². The van der Waals surface area contributed by atoms with Crippen LogP contribution >= 0.6 is 0 Å². The molecule has 0 aromatic heterocycles. The quantitative estimate of drug-likeness (QED) is 0.492. The van der Waals surface area contributed by atoms with E-state index in [1.54, 1.807) is 0 Å². The van der Waals surface area contributed by atoms with E-state index in [1.807, 2.05) is 45.6 Å². The zero-order valence-electron chi connectivity index (χ0n) is 14.4. The molecule has 4 heteroatoms. The van der Waals surface area contributed by atoms with Crippen molar-refractivity contribution in [2.45, 2.75) is 34.6 Å². The highest BCUT2D eigenvalue weighted by atomic mass is 16.2. The molecule has 1 amide bonds. The van der Waals surface area contributed by atoms with E-state index < -0.39 is 0 Å². The van der Waals surface area contributed by atoms with Crippen LogP contribution in [0.5, 0.6) is 0 Å². The lowest BCUT2D eigenvalue weighted by Crippen LogP contribution is -2.46. The fourth-order valence-corrected chi connectivity index (χ4v) is 2.47. The maximum absolute atomic E-state index is 12.9. The molecule has 4 nitrogen and oxygen atoms in total. The molecule has 0 aromatic rings. The van der Waals surface area contributed by atoms with Gasteiger partial charge in [-0.3, -0.25) is 9.79 Å². The van der Waals surface area contributed by atoms with Crippen molar-refractivity contribution in [2.24, 2.45) is 4.99 Å². The molecule has 1 saturated heterocycles. The third-order valence-electron chi connectivity index (χ3n) is 3.67. The minimum atomic E-state index is 0.0506. The first-order valence-electron chi connectivity index (χ1n) is 7.49. The van der Waals surface area contributed by atoms with Crippen molar-refractivity contribution in [2.75, 3.05) is 19.6 Å². The van der Waals surface area contributed by atoms with Crippen LogP contribution in [0.25, 0.3) is 0 Å². The van der Waals surface area contributed by atoms with Crippen LogP contribution in [0.15, 0.2) is 51.3 Å². The smallest absolute Gasteiger partial charge is 0.254 e. The van der Waals surface area contributed by atoms with Gasteiger partial charge in [-0.1, -0.05) is 17.7 Å². The fraction of sp³-hybridized carbons (Fsp3) is 0.444. The standard InChI is InChI=1S/C18H27N3O/c1-12(2)10-16-11-21(9-8-20-16)18(22)17(13(3)4)14(5)15(6)19-7/h10,20H,1,7-9,11H2,2-6H3/b15-14+,16-10-. The molecule has 1 aliphatic rings. The van der Waals surface area contributed by atoms with Crippen LogP contribution in [0.1, 0.15) is 34.6 Å². The van der Waals surface area contributed by atoms with Crippen LogP contribution in [-0.4, -0.2) is 37.2 Å². The van der Waals surface area contributed by atoms with Crippen molar-refractivity contribution < 1.29 is 4.79 Å². The van der Waals surface area contributed by atoms with Gasteiger partial charge < -0.3 is 10.2 Å². The van der Waals surface area contributed by atoms with Crippen molar-refractivity contribution in [1.82, 2.24) is 10.2 Å². The molecule has 120 valence electrons. The molecule has 0 saturated carbocycles. The zero-order chi connectivity index (χ0) is 16.9. The van der Waals surface area contributed by atoms with Crippen molar-refractivity contribution >= 4 is 12.6 Å². The van der Waals surface area contributed by atoms with Gasteiger partial charge in [0.15, 0.2) is 0 Å². The number of nitrogens with zero attached hydrogens (tertiary/aromatic N) is 2. The van der Waals surface area contributed by atoms with E-state index in [2.05, 4.69) is 23.6 Å². The molecule has 0 atom stereocenters. The first kappa shape index (κ1) is 18.0. The topological polar surface area (TPSA) is 44.7 Å². The van der Waals surface area contributed by atoms with Crippen LogP contribution in [0.2, 0.25) is 0 Å². The Morgan fingerprint density at radius 3 is 2.41 bits per heavy atom. The highest BCUT2D eigenvalue weighted by Gasteiger charge is 2.24. The predicted octanol–water partition coefficient (Wildman–Crippen LogP) is 3.21. The highest BCUT2D eigenvalue weighted by Crippen LogP contribution is 2.22. The van der Waals surface area contributed by atoms with Crippen LogP contribution in [-0.2, 0) is 4.79 Å². The summed E-state index contributed by atoms with van der Waals surface area (Å²) in [5.41, 5.74) is 5.42. The number of piperazine rings is 1. The summed E-state index contributed by atoms with van der Waals surface area (Å²) in [6, 6.07) is 0. The third-order valence-corrected chi connectivity index (χ3v) is 3.67. The number of rotatable bonds is 4. The largest absolute Gasteiger partial charge is 0.385 e. The van der Waals surface area contributed by atoms with E-state index in [-0.39, 0.29) is 5.91 Å². The van der Waals surface area contributed by atoms with Gasteiger partial charge in [0.2, 0.25) is 0 Å². The van der Waals surface area contributed by atoms with Crippen LogP contribution in [0.3, 0.4) is 0 Å². The molecule has 1 N–H and O–H groups in total. The van der Waals surface area contributed by atoms with Crippen molar-refractivity contribution in [3.05, 3.63) is 46.3 Å². The Balaban J connectivity index is 3.09. The summed E-state index contributed by atoms with van der Waals surface area (Å²) in [5, 5.41) is 3.32. The molecule has 0 radical (unpaired) electrons. The number of nitrogens with one attached hydrogen (secondary N) is 1. The summed E-state index contributed by atoms with van der Waals surface area (Å²) in [7, 11) is 0. The Bertz CT molecular complexity index is 575. The Hall–Kier alpha value is -2.10. The molecule has 1 aliphatic heterocycles. The second kappa shape index (κ2) is 7.78. The van der Waals surface area contributed by atoms with E-state index in [9.17, 15) is 4.79 Å². The first-order chi connectivity index (χ1) is 10.3. The van der Waals surface area contributed by atoms with Gasteiger partial charge in [-0.2, -0.15) is 0 Å². The van der Waals surface area contributed by atoms with Crippen LogP contribution < -0.4 is 5.32 Å². The van der Waals surface area contributed by atoms with Crippen molar-refractivity contribution in [3.8, 4) is 0 Å². The molecular weight excluding hydrogens is 274 g/mol. The minimum absolute atomic E-state index is 0.0506. The van der Waals surface area contributed by atoms with E-state index >= 15 is 0 Å². The predicted molar refractivity (Wildman–Crippen MR) is 93.8 cm³/mol. The number of hydrogen-bond donors (Lipinski definition) is 1. The van der Waals surface area contributed by atoms with E-state index in [4.69, 9.17) is 0 Å². The van der Waals surface area contributed by atoms with Crippen molar-refractivity contribution in [1.29, 1.82) is 0 Å². The number of aliphatic imine (C=N–C) groups is 1. The normalized spacial score (nSPS) is 17.5. The van der Waals surface area contributed by atoms with Gasteiger partial charge in [0, 0.05) is 30.1 Å². The van der Waals surface area contributed by atoms with Gasteiger partial charge in [0.25, 0.3) is 5.91 Å². The summed E-state index contributed by atoms with van der Waals surface area (Å²) >= 11 is 0. The monoisotopic (exact) mass is 301 g/mol. The lowest BCUT2D eigenvalue weighted by molar-refractivity contribution is -0.127. The molecule has 0 bridgehead atoms. The summed E-state index contributed by atoms with van der Waals surface area (Å²) in [4.78, 5) is 18.8. The molecule has 0 aromatic carbocycles. The molecule has 1 heterocycles. The van der Waals surface area contributed by atoms with Crippen LogP contribution in [0.4, 0.5) is 0 Å². The third kappa shape index (κ3) is 4.45. The second-order valence-electron chi connectivity index (χ2n) is 5.91. The molecular formula is C18H27N3O. The molecule has 1 rings (SSSR count). The van der Waals surface area contributed by atoms with Gasteiger partial charge in [-0.25, -0.2) is 0 Å². The van der Waals surface area contributed by atoms with Gasteiger partial charge in [-0.05, 0) is 53.0 Å². The summed E-state index contributed by atoms with van der Waals surface area (Å²) in [6.07, 6.45) is 1.99. The van der Waals surface area contributed by atoms with E-state index in [0.717, 1.165) is 40.2 Å². The SMILES string of the molecule is C=N/C(C)=C(\C)C(C(=O)N1CCN/C(=C\C(=C)C)C1)=C(C)C. The number of allylic oxidation sites excluding steroid dienone is 4. The lowest BCUT2D eigenvalue weighted by Gasteiger charge is -2.31. The number of amides is 1. The maximum Gasteiger partial charge on any atom is 0.254 e. The van der Waals surface area contributed by atoms with Gasteiger partial charge in [-0.15, -0.1) is 0 Å².